The highest BCUT2D eigenvalue weighted by Crippen LogP contribution is 2.29. The molecular formula is C32H30Cl2FN3O4S. The fourth-order valence-corrected chi connectivity index (χ4v) is 6.49. The van der Waals surface area contributed by atoms with E-state index in [0.717, 1.165) is 34.1 Å². The van der Waals surface area contributed by atoms with Gasteiger partial charge in [-0.3, -0.25) is 13.9 Å². The summed E-state index contributed by atoms with van der Waals surface area (Å²) in [6.45, 7) is 1.26. The second-order valence-corrected chi connectivity index (χ2v) is 12.3. The topological polar surface area (TPSA) is 86.8 Å². The lowest BCUT2D eigenvalue weighted by atomic mass is 10.0. The van der Waals surface area contributed by atoms with Crippen LogP contribution in [-0.4, -0.2) is 44.3 Å². The van der Waals surface area contributed by atoms with Gasteiger partial charge in [0.1, 0.15) is 18.4 Å². The maximum atomic E-state index is 14.3. The molecule has 0 spiro atoms. The predicted octanol–water partition coefficient (Wildman–Crippen LogP) is 6.10. The summed E-state index contributed by atoms with van der Waals surface area (Å²) in [5, 5.41) is 3.38. The van der Waals surface area contributed by atoms with Crippen LogP contribution >= 0.6 is 23.2 Å². The largest absolute Gasteiger partial charge is 0.355 e. The van der Waals surface area contributed by atoms with E-state index in [1.807, 2.05) is 30.3 Å². The van der Waals surface area contributed by atoms with Crippen molar-refractivity contribution in [1.82, 2.24) is 10.2 Å². The van der Waals surface area contributed by atoms with Crippen LogP contribution in [0.25, 0.3) is 0 Å². The molecule has 0 saturated carbocycles. The standard InChI is InChI=1S/C32H30Cl2FN3O4S/c1-2-36-32(40)30(20-23-10-5-3-6-11-23)37(21-27-28(33)14-9-15-29(27)34)31(39)22-38(25-12-7-4-8-13-25)43(41,42)26-18-16-24(35)17-19-26/h3-19,30H,2,20-22H2,1H3,(H,36,40)/t30-/m1/s1. The molecule has 0 aliphatic carbocycles. The third kappa shape index (κ3) is 7.93. The van der Waals surface area contributed by atoms with E-state index >= 15 is 0 Å². The van der Waals surface area contributed by atoms with E-state index in [0.29, 0.717) is 22.2 Å². The maximum Gasteiger partial charge on any atom is 0.264 e. The van der Waals surface area contributed by atoms with Gasteiger partial charge in [-0.15, -0.1) is 0 Å². The van der Waals surface area contributed by atoms with Crippen LogP contribution in [0.5, 0.6) is 0 Å². The zero-order valence-corrected chi connectivity index (χ0v) is 25.6. The van der Waals surface area contributed by atoms with Crippen LogP contribution in [0.15, 0.2) is 108 Å². The number of nitrogens with zero attached hydrogens (tertiary/aromatic N) is 2. The van der Waals surface area contributed by atoms with Gasteiger partial charge in [-0.2, -0.15) is 0 Å². The van der Waals surface area contributed by atoms with E-state index in [-0.39, 0.29) is 23.5 Å². The normalized spacial score (nSPS) is 11.9. The Balaban J connectivity index is 1.81. The van der Waals surface area contributed by atoms with Crippen molar-refractivity contribution < 1.29 is 22.4 Å². The fraction of sp³-hybridized carbons (Fsp3) is 0.188. The molecule has 1 N–H and O–H groups in total. The van der Waals surface area contributed by atoms with Gasteiger partial charge in [0, 0.05) is 35.1 Å². The number of likely N-dealkylation sites (N-methyl/N-ethyl adjacent to an activating group) is 1. The molecule has 0 radical (unpaired) electrons. The summed E-state index contributed by atoms with van der Waals surface area (Å²) in [5.41, 5.74) is 1.42. The average Bonchev–Trinajstić information content (AvgIpc) is 3.00. The van der Waals surface area contributed by atoms with Gasteiger partial charge in [-0.25, -0.2) is 12.8 Å². The Hall–Kier alpha value is -3.92. The summed E-state index contributed by atoms with van der Waals surface area (Å²) in [4.78, 5) is 28.9. The molecule has 0 fully saturated rings. The molecule has 0 saturated heterocycles. The van der Waals surface area contributed by atoms with E-state index in [4.69, 9.17) is 23.2 Å². The first-order valence-corrected chi connectivity index (χ1v) is 15.7. The van der Waals surface area contributed by atoms with Crippen LogP contribution in [0.1, 0.15) is 18.1 Å². The number of sulfonamides is 1. The Bertz CT molecular complexity index is 1640. The van der Waals surface area contributed by atoms with Gasteiger partial charge in [0.25, 0.3) is 10.0 Å². The Morgan fingerprint density at radius 1 is 0.837 bits per heavy atom. The molecule has 0 bridgehead atoms. The van der Waals surface area contributed by atoms with Crippen molar-refractivity contribution in [1.29, 1.82) is 0 Å². The van der Waals surface area contributed by atoms with E-state index in [1.54, 1.807) is 55.5 Å². The predicted molar refractivity (Wildman–Crippen MR) is 167 cm³/mol. The molecule has 1 atom stereocenters. The van der Waals surface area contributed by atoms with Gasteiger partial charge in [0.05, 0.1) is 10.6 Å². The molecule has 7 nitrogen and oxygen atoms in total. The summed E-state index contributed by atoms with van der Waals surface area (Å²) in [6.07, 6.45) is 0.149. The van der Waals surface area contributed by atoms with E-state index in [1.165, 1.54) is 4.90 Å². The van der Waals surface area contributed by atoms with Crippen molar-refractivity contribution in [3.8, 4) is 0 Å². The summed E-state index contributed by atoms with van der Waals surface area (Å²) < 4.78 is 42.4. The van der Waals surface area contributed by atoms with Crippen molar-refractivity contribution in [3.05, 3.63) is 130 Å². The number of carbonyl (C=O) groups excluding carboxylic acids is 2. The second-order valence-electron chi connectivity index (χ2n) is 9.62. The molecule has 4 aromatic rings. The highest BCUT2D eigenvalue weighted by molar-refractivity contribution is 7.92. The van der Waals surface area contributed by atoms with Crippen molar-refractivity contribution in [2.24, 2.45) is 0 Å². The first-order chi connectivity index (χ1) is 20.6. The number of carbonyl (C=O) groups is 2. The number of para-hydroxylation sites is 1. The molecule has 0 aliphatic rings. The molecule has 11 heteroatoms. The average molecular weight is 643 g/mol. The number of benzene rings is 4. The number of anilines is 1. The van der Waals surface area contributed by atoms with Gasteiger partial charge in [0.15, 0.2) is 0 Å². The minimum absolute atomic E-state index is 0.149. The third-order valence-corrected chi connectivity index (χ3v) is 9.23. The van der Waals surface area contributed by atoms with Crippen LogP contribution < -0.4 is 9.62 Å². The number of amides is 2. The fourth-order valence-electron chi connectivity index (χ4n) is 4.56. The molecular weight excluding hydrogens is 612 g/mol. The lowest BCUT2D eigenvalue weighted by Crippen LogP contribution is -2.53. The van der Waals surface area contributed by atoms with Crippen LogP contribution in [0.4, 0.5) is 10.1 Å². The molecule has 2 amide bonds. The Morgan fingerprint density at radius 2 is 1.42 bits per heavy atom. The molecule has 0 aromatic heterocycles. The molecule has 43 heavy (non-hydrogen) atoms. The third-order valence-electron chi connectivity index (χ3n) is 6.74. The highest BCUT2D eigenvalue weighted by atomic mass is 35.5. The SMILES string of the molecule is CCNC(=O)[C@@H](Cc1ccccc1)N(Cc1c(Cl)cccc1Cl)C(=O)CN(c1ccccc1)S(=O)(=O)c1ccc(F)cc1. The zero-order valence-electron chi connectivity index (χ0n) is 23.3. The molecule has 0 heterocycles. The summed E-state index contributed by atoms with van der Waals surface area (Å²) in [6, 6.07) is 25.5. The number of hydrogen-bond acceptors (Lipinski definition) is 4. The van der Waals surface area contributed by atoms with Crippen LogP contribution in [-0.2, 0) is 32.6 Å². The van der Waals surface area contributed by atoms with Gasteiger partial charge in [-0.1, -0.05) is 77.8 Å². The Kier molecular flexibility index (Phi) is 10.8. The first-order valence-electron chi connectivity index (χ1n) is 13.5. The molecule has 224 valence electrons. The lowest BCUT2D eigenvalue weighted by Gasteiger charge is -2.34. The number of halogens is 3. The maximum absolute atomic E-state index is 14.3. The first kappa shape index (κ1) is 32.0. The summed E-state index contributed by atoms with van der Waals surface area (Å²) in [5.74, 6) is -1.69. The summed E-state index contributed by atoms with van der Waals surface area (Å²) >= 11 is 13.0. The molecule has 0 aliphatic heterocycles. The van der Waals surface area contributed by atoms with Crippen LogP contribution in [0.3, 0.4) is 0 Å². The van der Waals surface area contributed by atoms with Gasteiger partial charge < -0.3 is 10.2 Å². The van der Waals surface area contributed by atoms with E-state index in [2.05, 4.69) is 5.32 Å². The monoisotopic (exact) mass is 641 g/mol. The van der Waals surface area contributed by atoms with Crippen LogP contribution in [0.2, 0.25) is 10.0 Å². The van der Waals surface area contributed by atoms with Gasteiger partial charge in [0.2, 0.25) is 11.8 Å². The summed E-state index contributed by atoms with van der Waals surface area (Å²) in [7, 11) is -4.34. The lowest BCUT2D eigenvalue weighted by molar-refractivity contribution is -0.140. The van der Waals surface area contributed by atoms with E-state index in [9.17, 15) is 22.4 Å². The van der Waals surface area contributed by atoms with Crippen LogP contribution in [0, 0.1) is 5.82 Å². The van der Waals surface area contributed by atoms with Crippen molar-refractivity contribution in [2.45, 2.75) is 30.8 Å². The molecule has 0 unspecified atom stereocenters. The zero-order chi connectivity index (χ0) is 31.0. The minimum atomic E-state index is -4.34. The highest BCUT2D eigenvalue weighted by Gasteiger charge is 2.35. The van der Waals surface area contributed by atoms with Gasteiger partial charge >= 0.3 is 0 Å². The quantitative estimate of drug-likeness (QED) is 0.202. The molecule has 4 rings (SSSR count). The minimum Gasteiger partial charge on any atom is -0.355 e. The molecule has 4 aromatic carbocycles. The van der Waals surface area contributed by atoms with Gasteiger partial charge in [-0.05, 0) is 61.0 Å². The second kappa shape index (κ2) is 14.5. The van der Waals surface area contributed by atoms with Crippen molar-refractivity contribution in [2.75, 3.05) is 17.4 Å². The smallest absolute Gasteiger partial charge is 0.264 e. The number of hydrogen-bond donors (Lipinski definition) is 1. The van der Waals surface area contributed by atoms with E-state index < -0.39 is 40.2 Å². The number of nitrogens with one attached hydrogen (secondary N) is 1. The Labute approximate surface area is 260 Å². The Morgan fingerprint density at radius 3 is 2.00 bits per heavy atom. The number of rotatable bonds is 12. The van der Waals surface area contributed by atoms with Crippen molar-refractivity contribution in [3.63, 3.8) is 0 Å². The van der Waals surface area contributed by atoms with Crippen molar-refractivity contribution >= 4 is 50.7 Å².